The topological polar surface area (TPSA) is 22.1 Å². The van der Waals surface area contributed by atoms with Gasteiger partial charge in [-0.1, -0.05) is 0 Å². The van der Waals surface area contributed by atoms with Gasteiger partial charge >= 0.3 is 0 Å². The molecule has 1 aliphatic rings. The van der Waals surface area contributed by atoms with Crippen molar-refractivity contribution in [2.45, 2.75) is 37.7 Å². The molecule has 1 heterocycles. The van der Waals surface area contributed by atoms with E-state index in [4.69, 9.17) is 16.3 Å². The molecule has 14 heavy (non-hydrogen) atoms. The summed E-state index contributed by atoms with van der Waals surface area (Å²) in [7, 11) is 0. The first-order valence-corrected chi connectivity index (χ1v) is 5.59. The molecule has 0 radical (unpaired) electrons. The standard InChI is InChI=1S/C11H14ClNO/c12-8-9-7-11(5-6-13-9)14-10-3-1-2-4-10/h5-7,10H,1-4,8H2. The highest BCUT2D eigenvalue weighted by molar-refractivity contribution is 6.16. The maximum absolute atomic E-state index is 5.82. The Hall–Kier alpha value is -0.760. The first-order valence-electron chi connectivity index (χ1n) is 5.06. The molecule has 76 valence electrons. The van der Waals surface area contributed by atoms with E-state index >= 15 is 0 Å². The third-order valence-electron chi connectivity index (χ3n) is 2.53. The number of halogens is 1. The minimum atomic E-state index is 0.403. The molecule has 0 aromatic carbocycles. The number of hydrogen-bond acceptors (Lipinski definition) is 2. The van der Waals surface area contributed by atoms with Crippen molar-refractivity contribution in [2.24, 2.45) is 0 Å². The Balaban J connectivity index is 2.00. The first-order chi connectivity index (χ1) is 6.88. The Kier molecular flexibility index (Phi) is 3.25. The highest BCUT2D eigenvalue weighted by Gasteiger charge is 2.16. The second-order valence-corrected chi connectivity index (χ2v) is 3.91. The second kappa shape index (κ2) is 4.65. The first kappa shape index (κ1) is 9.78. The average Bonchev–Trinajstić information content (AvgIpc) is 2.71. The number of hydrogen-bond donors (Lipinski definition) is 0. The van der Waals surface area contributed by atoms with Crippen molar-refractivity contribution in [3.63, 3.8) is 0 Å². The summed E-state index contributed by atoms with van der Waals surface area (Å²) in [5.41, 5.74) is 0.877. The third-order valence-corrected chi connectivity index (χ3v) is 2.80. The molecule has 2 nitrogen and oxygen atoms in total. The Labute approximate surface area is 89.3 Å². The summed E-state index contributed by atoms with van der Waals surface area (Å²) in [6, 6.07) is 3.82. The number of pyridine rings is 1. The summed E-state index contributed by atoms with van der Waals surface area (Å²) < 4.78 is 5.82. The largest absolute Gasteiger partial charge is 0.490 e. The van der Waals surface area contributed by atoms with Crippen molar-refractivity contribution in [3.05, 3.63) is 24.0 Å². The predicted octanol–water partition coefficient (Wildman–Crippen LogP) is 3.14. The molecule has 1 aliphatic carbocycles. The van der Waals surface area contributed by atoms with Crippen LogP contribution in [0.2, 0.25) is 0 Å². The quantitative estimate of drug-likeness (QED) is 0.717. The van der Waals surface area contributed by atoms with E-state index in [-0.39, 0.29) is 0 Å². The molecule has 1 aromatic rings. The van der Waals surface area contributed by atoms with E-state index in [9.17, 15) is 0 Å². The smallest absolute Gasteiger partial charge is 0.123 e. The molecule has 2 rings (SSSR count). The molecule has 3 heteroatoms. The lowest BCUT2D eigenvalue weighted by molar-refractivity contribution is 0.209. The van der Waals surface area contributed by atoms with Gasteiger partial charge in [0.25, 0.3) is 0 Å². The van der Waals surface area contributed by atoms with Gasteiger partial charge in [-0.2, -0.15) is 0 Å². The monoisotopic (exact) mass is 211 g/mol. The van der Waals surface area contributed by atoms with Crippen molar-refractivity contribution in [1.82, 2.24) is 4.98 Å². The van der Waals surface area contributed by atoms with Crippen LogP contribution in [-0.4, -0.2) is 11.1 Å². The van der Waals surface area contributed by atoms with Crippen LogP contribution in [0.15, 0.2) is 18.3 Å². The fraction of sp³-hybridized carbons (Fsp3) is 0.545. The van der Waals surface area contributed by atoms with E-state index in [0.29, 0.717) is 12.0 Å². The van der Waals surface area contributed by atoms with E-state index in [1.807, 2.05) is 12.1 Å². The van der Waals surface area contributed by atoms with E-state index in [0.717, 1.165) is 11.4 Å². The van der Waals surface area contributed by atoms with E-state index in [2.05, 4.69) is 4.98 Å². The zero-order chi connectivity index (χ0) is 9.80. The minimum absolute atomic E-state index is 0.403. The Morgan fingerprint density at radius 3 is 2.93 bits per heavy atom. The summed E-state index contributed by atoms with van der Waals surface area (Å²) >= 11 is 5.70. The van der Waals surface area contributed by atoms with Gasteiger partial charge in [0.1, 0.15) is 5.75 Å². The number of alkyl halides is 1. The lowest BCUT2D eigenvalue weighted by atomic mass is 10.3. The molecule has 0 saturated heterocycles. The lowest BCUT2D eigenvalue weighted by Crippen LogP contribution is -2.10. The third kappa shape index (κ3) is 2.38. The Morgan fingerprint density at radius 1 is 1.43 bits per heavy atom. The molecular formula is C11H14ClNO. The van der Waals surface area contributed by atoms with Crippen LogP contribution in [0.1, 0.15) is 31.4 Å². The fourth-order valence-corrected chi connectivity index (χ4v) is 1.95. The maximum Gasteiger partial charge on any atom is 0.123 e. The normalized spacial score (nSPS) is 17.2. The van der Waals surface area contributed by atoms with Crippen LogP contribution in [-0.2, 0) is 5.88 Å². The van der Waals surface area contributed by atoms with E-state index in [1.54, 1.807) is 6.20 Å². The summed E-state index contributed by atoms with van der Waals surface area (Å²) in [5.74, 6) is 1.35. The molecule has 1 saturated carbocycles. The molecule has 1 fully saturated rings. The molecule has 0 unspecified atom stereocenters. The van der Waals surface area contributed by atoms with E-state index in [1.165, 1.54) is 25.7 Å². The van der Waals surface area contributed by atoms with Crippen molar-refractivity contribution in [1.29, 1.82) is 0 Å². The van der Waals surface area contributed by atoms with Gasteiger partial charge in [0.15, 0.2) is 0 Å². The average molecular weight is 212 g/mol. The minimum Gasteiger partial charge on any atom is -0.490 e. The molecule has 0 atom stereocenters. The zero-order valence-electron chi connectivity index (χ0n) is 8.08. The fourth-order valence-electron chi connectivity index (χ4n) is 1.80. The van der Waals surface area contributed by atoms with Gasteiger partial charge in [0.05, 0.1) is 17.7 Å². The molecule has 0 amide bonds. The van der Waals surface area contributed by atoms with Crippen LogP contribution in [0.4, 0.5) is 0 Å². The maximum atomic E-state index is 5.82. The van der Waals surface area contributed by atoms with Crippen molar-refractivity contribution in [2.75, 3.05) is 0 Å². The summed E-state index contributed by atoms with van der Waals surface area (Å²) in [6.45, 7) is 0. The number of nitrogens with zero attached hydrogens (tertiary/aromatic N) is 1. The van der Waals surface area contributed by atoms with Crippen LogP contribution in [0, 0.1) is 0 Å². The number of aromatic nitrogens is 1. The summed E-state index contributed by atoms with van der Waals surface area (Å²) in [5, 5.41) is 0. The predicted molar refractivity (Wildman–Crippen MR) is 56.7 cm³/mol. The van der Waals surface area contributed by atoms with Gasteiger partial charge < -0.3 is 4.74 Å². The van der Waals surface area contributed by atoms with Crippen molar-refractivity contribution < 1.29 is 4.74 Å². The summed E-state index contributed by atoms with van der Waals surface area (Å²) in [6.07, 6.45) is 7.09. The number of ether oxygens (including phenoxy) is 1. The van der Waals surface area contributed by atoms with Crippen LogP contribution in [0.25, 0.3) is 0 Å². The van der Waals surface area contributed by atoms with E-state index < -0.39 is 0 Å². The van der Waals surface area contributed by atoms with Gasteiger partial charge in [0, 0.05) is 12.3 Å². The van der Waals surface area contributed by atoms with Crippen LogP contribution in [0.5, 0.6) is 5.75 Å². The molecule has 0 N–H and O–H groups in total. The molecule has 0 aliphatic heterocycles. The van der Waals surface area contributed by atoms with Crippen molar-refractivity contribution >= 4 is 11.6 Å². The lowest BCUT2D eigenvalue weighted by Gasteiger charge is -2.12. The van der Waals surface area contributed by atoms with Gasteiger partial charge in [-0.3, -0.25) is 4.98 Å². The van der Waals surface area contributed by atoms with Gasteiger partial charge in [-0.05, 0) is 31.7 Å². The Bertz CT molecular complexity index is 297. The van der Waals surface area contributed by atoms with Crippen LogP contribution < -0.4 is 4.74 Å². The SMILES string of the molecule is ClCc1cc(OC2CCCC2)ccn1. The van der Waals surface area contributed by atoms with Gasteiger partial charge in [0.2, 0.25) is 0 Å². The highest BCUT2D eigenvalue weighted by Crippen LogP contribution is 2.24. The van der Waals surface area contributed by atoms with Gasteiger partial charge in [-0.25, -0.2) is 0 Å². The van der Waals surface area contributed by atoms with Crippen molar-refractivity contribution in [3.8, 4) is 5.75 Å². The number of rotatable bonds is 3. The zero-order valence-corrected chi connectivity index (χ0v) is 8.83. The molecular weight excluding hydrogens is 198 g/mol. The molecule has 0 bridgehead atoms. The highest BCUT2D eigenvalue weighted by atomic mass is 35.5. The Morgan fingerprint density at radius 2 is 2.21 bits per heavy atom. The summed E-state index contributed by atoms with van der Waals surface area (Å²) in [4.78, 5) is 4.12. The van der Waals surface area contributed by atoms with Gasteiger partial charge in [-0.15, -0.1) is 11.6 Å². The molecule has 1 aromatic heterocycles. The van der Waals surface area contributed by atoms with Crippen LogP contribution >= 0.6 is 11.6 Å². The second-order valence-electron chi connectivity index (χ2n) is 3.64. The molecule has 0 spiro atoms. The van der Waals surface area contributed by atoms with Crippen LogP contribution in [0.3, 0.4) is 0 Å².